The van der Waals surface area contributed by atoms with Gasteiger partial charge in [-0.05, 0) is 29.3 Å². The zero-order chi connectivity index (χ0) is 20.6. The molecule has 0 saturated carbocycles. The molecule has 0 unspecified atom stereocenters. The number of benzene rings is 3. The molecule has 2 nitrogen and oxygen atoms in total. The lowest BCUT2D eigenvalue weighted by molar-refractivity contribution is 0.897. The predicted octanol–water partition coefficient (Wildman–Crippen LogP) is 6.44. The van der Waals surface area contributed by atoms with Gasteiger partial charge in [0.1, 0.15) is 0 Å². The van der Waals surface area contributed by atoms with E-state index in [2.05, 4.69) is 109 Å². The van der Waals surface area contributed by atoms with Crippen molar-refractivity contribution in [1.29, 1.82) is 0 Å². The van der Waals surface area contributed by atoms with Gasteiger partial charge in [0.05, 0.1) is 12.3 Å². The van der Waals surface area contributed by atoms with Crippen molar-refractivity contribution < 1.29 is 0 Å². The minimum absolute atomic E-state index is 0.811. The minimum Gasteiger partial charge on any atom is -0.372 e. The van der Waals surface area contributed by atoms with Gasteiger partial charge in [0.15, 0.2) is 0 Å². The van der Waals surface area contributed by atoms with Crippen LogP contribution in [0.4, 0.5) is 5.69 Å². The van der Waals surface area contributed by atoms with Crippen molar-refractivity contribution in [1.82, 2.24) is 0 Å². The van der Waals surface area contributed by atoms with Crippen LogP contribution < -0.4 is 4.90 Å². The van der Waals surface area contributed by atoms with Gasteiger partial charge >= 0.3 is 0 Å². The lowest BCUT2D eigenvalue weighted by Gasteiger charge is -2.18. The Balaban J connectivity index is 1.49. The molecule has 0 saturated heterocycles. The highest BCUT2D eigenvalue weighted by atomic mass is 32.2. The van der Waals surface area contributed by atoms with E-state index in [1.54, 1.807) is 0 Å². The van der Waals surface area contributed by atoms with Gasteiger partial charge in [-0.15, -0.1) is 11.8 Å². The Morgan fingerprint density at radius 1 is 0.867 bits per heavy atom. The molecule has 0 N–H and O–H groups in total. The van der Waals surface area contributed by atoms with Gasteiger partial charge in [-0.1, -0.05) is 85.0 Å². The molecular formula is C27H26N2S. The average Bonchev–Trinajstić information content (AvgIpc) is 2.95. The van der Waals surface area contributed by atoms with Crippen molar-refractivity contribution in [3.63, 3.8) is 0 Å². The van der Waals surface area contributed by atoms with E-state index in [1.807, 2.05) is 17.8 Å². The van der Waals surface area contributed by atoms with Gasteiger partial charge in [0, 0.05) is 35.5 Å². The maximum atomic E-state index is 4.84. The summed E-state index contributed by atoms with van der Waals surface area (Å²) in [7, 11) is 2.13. The summed E-state index contributed by atoms with van der Waals surface area (Å²) in [6.45, 7) is 1.75. The van der Waals surface area contributed by atoms with Crippen molar-refractivity contribution >= 4 is 35.3 Å². The lowest BCUT2D eigenvalue weighted by atomic mass is 10.1. The quantitative estimate of drug-likeness (QED) is 0.434. The first-order valence-electron chi connectivity index (χ1n) is 10.3. The summed E-state index contributed by atoms with van der Waals surface area (Å²) in [6, 6.07) is 27.5. The van der Waals surface area contributed by atoms with Crippen LogP contribution in [-0.2, 0) is 0 Å². The maximum absolute atomic E-state index is 4.84. The second kappa shape index (κ2) is 10.1. The largest absolute Gasteiger partial charge is 0.372 e. The van der Waals surface area contributed by atoms with E-state index in [0.717, 1.165) is 24.6 Å². The van der Waals surface area contributed by atoms with Gasteiger partial charge < -0.3 is 4.90 Å². The van der Waals surface area contributed by atoms with Crippen LogP contribution in [0.15, 0.2) is 101 Å². The molecule has 3 aromatic rings. The van der Waals surface area contributed by atoms with Crippen LogP contribution in [0.1, 0.15) is 16.7 Å². The fourth-order valence-electron chi connectivity index (χ4n) is 3.50. The van der Waals surface area contributed by atoms with Gasteiger partial charge in [0.25, 0.3) is 0 Å². The van der Waals surface area contributed by atoms with Crippen molar-refractivity contribution in [3.8, 4) is 0 Å². The Hall–Kier alpha value is -3.04. The normalized spacial score (nSPS) is 14.0. The first kappa shape index (κ1) is 20.2. The molecule has 4 rings (SSSR count). The van der Waals surface area contributed by atoms with E-state index < -0.39 is 0 Å². The smallest absolute Gasteiger partial charge is 0.0668 e. The topological polar surface area (TPSA) is 15.6 Å². The van der Waals surface area contributed by atoms with E-state index >= 15 is 0 Å². The number of aliphatic imine (C=N–C) groups is 1. The van der Waals surface area contributed by atoms with Crippen molar-refractivity contribution in [2.45, 2.75) is 4.90 Å². The van der Waals surface area contributed by atoms with Crippen molar-refractivity contribution in [3.05, 3.63) is 108 Å². The summed E-state index contributed by atoms with van der Waals surface area (Å²) in [5.41, 5.74) is 5.96. The summed E-state index contributed by atoms with van der Waals surface area (Å²) in [5, 5.41) is 0. The molecule has 150 valence electrons. The molecule has 3 heteroatoms. The van der Waals surface area contributed by atoms with E-state index in [1.165, 1.54) is 27.3 Å². The zero-order valence-corrected chi connectivity index (χ0v) is 18.1. The van der Waals surface area contributed by atoms with Crippen molar-refractivity contribution in [2.24, 2.45) is 4.99 Å². The van der Waals surface area contributed by atoms with Crippen LogP contribution in [0.5, 0.6) is 0 Å². The number of hydrogen-bond acceptors (Lipinski definition) is 3. The summed E-state index contributed by atoms with van der Waals surface area (Å²) in [4.78, 5) is 8.40. The highest BCUT2D eigenvalue weighted by Gasteiger charge is 2.13. The summed E-state index contributed by atoms with van der Waals surface area (Å²) < 4.78 is 0. The van der Waals surface area contributed by atoms with E-state index in [-0.39, 0.29) is 0 Å². The molecule has 1 aliphatic heterocycles. The predicted molar refractivity (Wildman–Crippen MR) is 133 cm³/mol. The molecule has 0 fully saturated rings. The number of likely N-dealkylation sites (N-methyl/N-ethyl adjacent to an activating group) is 1. The Bertz CT molecular complexity index is 1070. The third kappa shape index (κ3) is 5.11. The molecule has 1 heterocycles. The van der Waals surface area contributed by atoms with Gasteiger partial charge in [-0.25, -0.2) is 0 Å². The van der Waals surface area contributed by atoms with Gasteiger partial charge in [0.2, 0.25) is 0 Å². The molecule has 0 radical (unpaired) electrons. The van der Waals surface area contributed by atoms with Gasteiger partial charge in [-0.3, -0.25) is 4.99 Å². The Kier molecular flexibility index (Phi) is 6.83. The van der Waals surface area contributed by atoms with Gasteiger partial charge in [-0.2, -0.15) is 0 Å². The van der Waals surface area contributed by atoms with Crippen LogP contribution in [0.2, 0.25) is 0 Å². The van der Waals surface area contributed by atoms with E-state index in [0.29, 0.717) is 0 Å². The van der Waals surface area contributed by atoms with Crippen LogP contribution in [0, 0.1) is 0 Å². The lowest BCUT2D eigenvalue weighted by Crippen LogP contribution is -2.20. The molecule has 0 spiro atoms. The number of thioether (sulfide) groups is 1. The standard InChI is InChI=1S/C27H26N2S/c1-29-20-19-28-25(24-14-6-7-15-26(24)29)18-17-23-13-5-8-16-27(23)30-21-9-12-22-10-3-2-4-11-22/h2-18H,19-21H2,1H3. The zero-order valence-electron chi connectivity index (χ0n) is 17.2. The number of fused-ring (bicyclic) bond motifs is 1. The molecule has 0 bridgehead atoms. The monoisotopic (exact) mass is 410 g/mol. The highest BCUT2D eigenvalue weighted by Crippen LogP contribution is 2.26. The Morgan fingerprint density at radius 2 is 1.63 bits per heavy atom. The molecule has 0 atom stereocenters. The Labute approximate surface area is 183 Å². The molecule has 0 amide bonds. The highest BCUT2D eigenvalue weighted by molar-refractivity contribution is 7.99. The van der Waals surface area contributed by atoms with E-state index in [4.69, 9.17) is 4.99 Å². The van der Waals surface area contributed by atoms with Crippen LogP contribution in [0.25, 0.3) is 12.2 Å². The number of benzodiazepines with no additional fused rings is 1. The second-order valence-electron chi connectivity index (χ2n) is 7.20. The number of anilines is 1. The Morgan fingerprint density at radius 3 is 2.53 bits per heavy atom. The third-order valence-electron chi connectivity index (χ3n) is 5.09. The summed E-state index contributed by atoms with van der Waals surface area (Å²) in [6.07, 6.45) is 8.77. The number of hydrogen-bond donors (Lipinski definition) is 0. The molecule has 1 aliphatic rings. The van der Waals surface area contributed by atoms with Crippen LogP contribution in [-0.4, -0.2) is 31.6 Å². The molecular weight excluding hydrogens is 384 g/mol. The molecule has 3 aromatic carbocycles. The molecule has 30 heavy (non-hydrogen) atoms. The summed E-state index contributed by atoms with van der Waals surface area (Å²) >= 11 is 1.86. The van der Waals surface area contributed by atoms with E-state index in [9.17, 15) is 0 Å². The summed E-state index contributed by atoms with van der Waals surface area (Å²) in [5.74, 6) is 0.939. The fourth-order valence-corrected chi connectivity index (χ4v) is 4.35. The van der Waals surface area contributed by atoms with Crippen LogP contribution >= 0.6 is 11.8 Å². The number of rotatable bonds is 6. The number of nitrogens with zero attached hydrogens (tertiary/aromatic N) is 2. The average molecular weight is 411 g/mol. The van der Waals surface area contributed by atoms with Crippen molar-refractivity contribution in [2.75, 3.05) is 30.8 Å². The number of para-hydroxylation sites is 1. The maximum Gasteiger partial charge on any atom is 0.0668 e. The molecule has 0 aromatic heterocycles. The number of allylic oxidation sites excluding steroid dienone is 1. The first-order chi connectivity index (χ1) is 14.8. The minimum atomic E-state index is 0.811. The fraction of sp³-hybridized carbons (Fsp3) is 0.148. The van der Waals surface area contributed by atoms with Crippen LogP contribution in [0.3, 0.4) is 0 Å². The SMILES string of the molecule is CN1CCN=C(C=Cc2ccccc2SCC=Cc2ccccc2)c2ccccc21. The second-order valence-corrected chi connectivity index (χ2v) is 8.26. The first-order valence-corrected chi connectivity index (χ1v) is 11.3. The third-order valence-corrected chi connectivity index (χ3v) is 6.14. The molecule has 0 aliphatic carbocycles.